The lowest BCUT2D eigenvalue weighted by atomic mass is 9.82. The third kappa shape index (κ3) is 12.2. The van der Waals surface area contributed by atoms with Crippen molar-refractivity contribution in [2.75, 3.05) is 19.8 Å². The van der Waals surface area contributed by atoms with E-state index in [1.165, 1.54) is 18.2 Å². The summed E-state index contributed by atoms with van der Waals surface area (Å²) < 4.78 is 26.3. The molecule has 3 atom stereocenters. The molecule has 2 unspecified atom stereocenters. The van der Waals surface area contributed by atoms with Crippen molar-refractivity contribution in [3.8, 4) is 11.5 Å². The van der Waals surface area contributed by atoms with E-state index < -0.39 is 47.5 Å². The van der Waals surface area contributed by atoms with Gasteiger partial charge in [0.2, 0.25) is 0 Å². The van der Waals surface area contributed by atoms with Crippen LogP contribution in [0.1, 0.15) is 91.5 Å². The first-order valence-corrected chi connectivity index (χ1v) is 13.8. The van der Waals surface area contributed by atoms with Gasteiger partial charge in [-0.05, 0) is 57.2 Å². The van der Waals surface area contributed by atoms with Gasteiger partial charge >= 0.3 is 24.2 Å². The van der Waals surface area contributed by atoms with Crippen LogP contribution < -0.4 is 15.2 Å². The summed E-state index contributed by atoms with van der Waals surface area (Å²) in [5.41, 5.74) is 5.68. The molecule has 1 aromatic carbocycles. The van der Waals surface area contributed by atoms with Gasteiger partial charge in [-0.1, -0.05) is 52.5 Å². The Morgan fingerprint density at radius 3 is 1.85 bits per heavy atom. The number of ether oxygens (including phenoxy) is 5. The van der Waals surface area contributed by atoms with E-state index in [4.69, 9.17) is 29.4 Å². The van der Waals surface area contributed by atoms with Gasteiger partial charge < -0.3 is 34.5 Å². The van der Waals surface area contributed by atoms with Crippen molar-refractivity contribution in [3.05, 3.63) is 23.8 Å². The Morgan fingerprint density at radius 1 is 0.850 bits per heavy atom. The van der Waals surface area contributed by atoms with Gasteiger partial charge in [0, 0.05) is 5.92 Å². The van der Waals surface area contributed by atoms with Gasteiger partial charge in [0.05, 0.1) is 25.2 Å². The summed E-state index contributed by atoms with van der Waals surface area (Å²) in [6.45, 7) is 11.1. The van der Waals surface area contributed by atoms with E-state index in [2.05, 4.69) is 0 Å². The minimum Gasteiger partial charge on any atom is -0.480 e. The number of nitrogens with two attached hydrogens (primary N) is 1. The van der Waals surface area contributed by atoms with Crippen LogP contribution in [0.15, 0.2) is 18.2 Å². The number of carboxylic acids is 1. The highest BCUT2D eigenvalue weighted by Gasteiger charge is 2.34. The molecule has 0 aromatic heterocycles. The molecule has 11 heteroatoms. The quantitative estimate of drug-likeness (QED) is 0.107. The lowest BCUT2D eigenvalue weighted by molar-refractivity contribution is -0.154. The molecule has 3 N–H and O–H groups in total. The summed E-state index contributed by atoms with van der Waals surface area (Å²) in [5, 5.41) is 9.69. The molecule has 0 radical (unpaired) electrons. The van der Waals surface area contributed by atoms with Crippen molar-refractivity contribution in [1.82, 2.24) is 0 Å². The number of hydrogen-bond donors (Lipinski definition) is 2. The third-order valence-electron chi connectivity index (χ3n) is 6.05. The molecule has 11 nitrogen and oxygen atoms in total. The number of hydrogen-bond acceptors (Lipinski definition) is 10. The predicted molar refractivity (Wildman–Crippen MR) is 147 cm³/mol. The van der Waals surface area contributed by atoms with Crippen LogP contribution in [0.25, 0.3) is 0 Å². The number of benzene rings is 1. The average molecular weight is 568 g/mol. The first-order chi connectivity index (χ1) is 18.8. The maximum atomic E-state index is 12.4. The fourth-order valence-electron chi connectivity index (χ4n) is 3.72. The van der Waals surface area contributed by atoms with E-state index in [9.17, 15) is 24.3 Å². The monoisotopic (exact) mass is 567 g/mol. The molecule has 0 aliphatic heterocycles. The maximum Gasteiger partial charge on any atom is 0.513 e. The maximum absolute atomic E-state index is 12.4. The summed E-state index contributed by atoms with van der Waals surface area (Å²) in [5.74, 6) is -3.41. The van der Waals surface area contributed by atoms with Crippen molar-refractivity contribution in [2.45, 2.75) is 92.0 Å². The Bertz CT molecular complexity index is 972. The molecule has 0 spiro atoms. The van der Waals surface area contributed by atoms with Crippen LogP contribution in [0.5, 0.6) is 11.5 Å². The summed E-state index contributed by atoms with van der Waals surface area (Å²) in [6.07, 6.45) is 2.97. The van der Waals surface area contributed by atoms with Gasteiger partial charge in [-0.25, -0.2) is 9.59 Å². The van der Waals surface area contributed by atoms with E-state index in [1.807, 2.05) is 13.8 Å². The number of carbonyl (C=O) groups is 4. The Kier molecular flexibility index (Phi) is 15.1. The van der Waals surface area contributed by atoms with Crippen molar-refractivity contribution >= 4 is 24.2 Å². The van der Waals surface area contributed by atoms with Crippen molar-refractivity contribution in [1.29, 1.82) is 0 Å². The number of esters is 1. The molecular formula is C29H45NO10. The summed E-state index contributed by atoms with van der Waals surface area (Å²) in [7, 11) is 0. The van der Waals surface area contributed by atoms with Gasteiger partial charge in [-0.2, -0.15) is 0 Å². The van der Waals surface area contributed by atoms with Crippen LogP contribution in [0.2, 0.25) is 0 Å². The number of carbonyl (C=O) groups excluding carboxylic acids is 3. The Balaban J connectivity index is 3.27. The molecular weight excluding hydrogens is 522 g/mol. The van der Waals surface area contributed by atoms with Gasteiger partial charge in [0.15, 0.2) is 11.5 Å². The average Bonchev–Trinajstić information content (AvgIpc) is 2.88. The fraction of sp³-hybridized carbons (Fsp3) is 0.655. The molecule has 226 valence electrons. The molecule has 0 aliphatic carbocycles. The molecule has 1 aromatic rings. The van der Waals surface area contributed by atoms with Gasteiger partial charge in [-0.15, -0.1) is 0 Å². The van der Waals surface area contributed by atoms with Gasteiger partial charge in [0.25, 0.3) is 0 Å². The van der Waals surface area contributed by atoms with E-state index in [0.717, 1.165) is 25.7 Å². The van der Waals surface area contributed by atoms with Crippen molar-refractivity contribution in [3.63, 3.8) is 0 Å². The Morgan fingerprint density at radius 2 is 1.38 bits per heavy atom. The number of unbranched alkanes of at least 4 members (excludes halogenated alkanes) is 4. The second-order valence-corrected chi connectivity index (χ2v) is 10.7. The van der Waals surface area contributed by atoms with Gasteiger partial charge in [0.1, 0.15) is 6.04 Å². The number of rotatable bonds is 16. The molecule has 0 saturated heterocycles. The fourth-order valence-corrected chi connectivity index (χ4v) is 3.72. The SMILES string of the molecule is CCCCCOC(=O)Oc1ccc(C(C(C)COC(=O)C(C)(C)C)[C@H](N)C(=O)O)cc1OC(=O)OCCCCC. The lowest BCUT2D eigenvalue weighted by Crippen LogP contribution is -2.41. The standard InChI is InChI=1S/C29H45NO10/c1-7-9-11-15-36-27(34)39-21-14-13-20(17-22(21)40-28(35)37-16-12-10-8-2)23(24(30)25(31)32)19(3)18-38-26(33)29(4,5)6/h13-14,17,19,23-24H,7-12,15-16,18,30H2,1-6H3,(H,31,32)/t19?,23?,24-/m0/s1. The van der Waals surface area contributed by atoms with Crippen LogP contribution >= 0.6 is 0 Å². The predicted octanol–water partition coefficient (Wildman–Crippen LogP) is 5.82. The molecule has 0 heterocycles. The molecule has 0 aliphatic rings. The normalized spacial score (nSPS) is 13.5. The summed E-state index contributed by atoms with van der Waals surface area (Å²) in [6, 6.07) is 2.85. The van der Waals surface area contributed by atoms with E-state index in [0.29, 0.717) is 18.4 Å². The van der Waals surface area contributed by atoms with E-state index in [1.54, 1.807) is 27.7 Å². The van der Waals surface area contributed by atoms with Crippen LogP contribution in [0, 0.1) is 11.3 Å². The first kappa shape index (κ1) is 34.7. The number of aliphatic carboxylic acids is 1. The molecule has 40 heavy (non-hydrogen) atoms. The van der Waals surface area contributed by atoms with E-state index >= 15 is 0 Å². The van der Waals surface area contributed by atoms with Crippen LogP contribution in [0.3, 0.4) is 0 Å². The zero-order valence-corrected chi connectivity index (χ0v) is 24.5. The first-order valence-electron chi connectivity index (χ1n) is 13.8. The van der Waals surface area contributed by atoms with Crippen LogP contribution in [0.4, 0.5) is 9.59 Å². The number of carboxylic acid groups (broad SMARTS) is 1. The highest BCUT2D eigenvalue weighted by molar-refractivity contribution is 5.76. The van der Waals surface area contributed by atoms with E-state index in [-0.39, 0.29) is 31.3 Å². The highest BCUT2D eigenvalue weighted by Crippen LogP contribution is 2.36. The lowest BCUT2D eigenvalue weighted by Gasteiger charge is -2.29. The summed E-state index contributed by atoms with van der Waals surface area (Å²) in [4.78, 5) is 48.8. The Hall–Kier alpha value is -3.34. The molecule has 1 rings (SSSR count). The van der Waals surface area contributed by atoms with Crippen molar-refractivity contribution in [2.24, 2.45) is 17.1 Å². The highest BCUT2D eigenvalue weighted by atomic mass is 16.7. The second-order valence-electron chi connectivity index (χ2n) is 10.7. The molecule has 0 fully saturated rings. The second kappa shape index (κ2) is 17.4. The molecule has 0 bridgehead atoms. The summed E-state index contributed by atoms with van der Waals surface area (Å²) >= 11 is 0. The van der Waals surface area contributed by atoms with Crippen LogP contribution in [-0.4, -0.2) is 55.2 Å². The zero-order chi connectivity index (χ0) is 30.3. The van der Waals surface area contributed by atoms with Gasteiger partial charge in [-0.3, -0.25) is 9.59 Å². The van der Waals surface area contributed by atoms with Crippen molar-refractivity contribution < 1.29 is 48.0 Å². The zero-order valence-electron chi connectivity index (χ0n) is 24.5. The molecule has 0 amide bonds. The Labute approximate surface area is 236 Å². The topological polar surface area (TPSA) is 161 Å². The van der Waals surface area contributed by atoms with Crippen LogP contribution in [-0.2, 0) is 23.8 Å². The largest absolute Gasteiger partial charge is 0.513 e. The smallest absolute Gasteiger partial charge is 0.480 e. The minimum atomic E-state index is -1.38. The third-order valence-corrected chi connectivity index (χ3v) is 6.05. The molecule has 0 saturated carbocycles. The minimum absolute atomic E-state index is 0.0975.